The van der Waals surface area contributed by atoms with Gasteiger partial charge >= 0.3 is 0 Å². The number of aldehydes is 1. The van der Waals surface area contributed by atoms with E-state index in [0.29, 0.717) is 36.8 Å². The lowest BCUT2D eigenvalue weighted by atomic mass is 10.0. The molecule has 1 nitrogen and oxygen atoms in total. The number of benzene rings is 2. The first-order valence-electron chi connectivity index (χ1n) is 4.92. The molecule has 92 valence electrons. The summed E-state index contributed by atoms with van der Waals surface area (Å²) in [6.45, 7) is 0. The summed E-state index contributed by atoms with van der Waals surface area (Å²) in [6.07, 6.45) is 0.733. The molecule has 0 amide bonds. The SMILES string of the molecule is O=Cc1ccc(Cl)cc1-c1cc(Cl)cc(Cl)c1Cl. The van der Waals surface area contributed by atoms with Gasteiger partial charge in [-0.3, -0.25) is 4.79 Å². The molecule has 0 radical (unpaired) electrons. The van der Waals surface area contributed by atoms with E-state index in [1.54, 1.807) is 30.3 Å². The number of halogens is 4. The fourth-order valence-corrected chi connectivity index (χ4v) is 2.49. The van der Waals surface area contributed by atoms with Crippen LogP contribution < -0.4 is 0 Å². The normalized spacial score (nSPS) is 10.4. The second-order valence-electron chi connectivity index (χ2n) is 3.60. The summed E-state index contributed by atoms with van der Waals surface area (Å²) in [6, 6.07) is 8.10. The molecule has 0 N–H and O–H groups in total. The summed E-state index contributed by atoms with van der Waals surface area (Å²) in [5.74, 6) is 0. The second kappa shape index (κ2) is 5.50. The number of rotatable bonds is 2. The molecular weight excluding hydrogens is 314 g/mol. The van der Waals surface area contributed by atoms with E-state index in [9.17, 15) is 4.79 Å². The van der Waals surface area contributed by atoms with E-state index in [2.05, 4.69) is 0 Å². The standard InChI is InChI=1S/C13H6Cl4O/c14-8-2-1-7(6-18)10(3-8)11-4-9(15)5-12(16)13(11)17/h1-6H. The zero-order chi connectivity index (χ0) is 13.3. The van der Waals surface area contributed by atoms with Gasteiger partial charge in [0.2, 0.25) is 0 Å². The highest BCUT2D eigenvalue weighted by molar-refractivity contribution is 6.45. The molecule has 0 aliphatic carbocycles. The van der Waals surface area contributed by atoms with Crippen molar-refractivity contribution in [3.05, 3.63) is 56.0 Å². The van der Waals surface area contributed by atoms with Gasteiger partial charge in [-0.15, -0.1) is 0 Å². The Morgan fingerprint density at radius 3 is 2.17 bits per heavy atom. The van der Waals surface area contributed by atoms with Crippen molar-refractivity contribution in [1.82, 2.24) is 0 Å². The van der Waals surface area contributed by atoms with Gasteiger partial charge in [0, 0.05) is 21.2 Å². The average Bonchev–Trinajstić information content (AvgIpc) is 2.33. The van der Waals surface area contributed by atoms with E-state index in [0.717, 1.165) is 6.29 Å². The molecule has 0 heterocycles. The summed E-state index contributed by atoms with van der Waals surface area (Å²) < 4.78 is 0. The quantitative estimate of drug-likeness (QED) is 0.506. The summed E-state index contributed by atoms with van der Waals surface area (Å²) in [5.41, 5.74) is 1.66. The Labute approximate surface area is 124 Å². The molecule has 0 unspecified atom stereocenters. The van der Waals surface area contributed by atoms with Crippen molar-refractivity contribution < 1.29 is 4.79 Å². The maximum absolute atomic E-state index is 11.0. The van der Waals surface area contributed by atoms with Crippen molar-refractivity contribution in [3.8, 4) is 11.1 Å². The number of hydrogen-bond acceptors (Lipinski definition) is 1. The molecule has 0 saturated heterocycles. The van der Waals surface area contributed by atoms with Crippen LogP contribution in [0.2, 0.25) is 20.1 Å². The third-order valence-corrected chi connectivity index (χ3v) is 3.68. The molecule has 0 aromatic heterocycles. The Kier molecular flexibility index (Phi) is 4.18. The molecule has 0 atom stereocenters. The third kappa shape index (κ3) is 2.65. The number of carbonyl (C=O) groups excluding carboxylic acids is 1. The van der Waals surface area contributed by atoms with Gasteiger partial charge in [0.15, 0.2) is 6.29 Å². The minimum Gasteiger partial charge on any atom is -0.298 e. The first kappa shape index (κ1) is 13.7. The summed E-state index contributed by atoms with van der Waals surface area (Å²) in [4.78, 5) is 11.0. The first-order chi connectivity index (χ1) is 8.52. The minimum absolute atomic E-state index is 0.330. The molecule has 0 spiro atoms. The Balaban J connectivity index is 2.75. The first-order valence-corrected chi connectivity index (χ1v) is 6.43. The minimum atomic E-state index is 0.330. The lowest BCUT2D eigenvalue weighted by Crippen LogP contribution is -1.89. The van der Waals surface area contributed by atoms with Gasteiger partial charge in [-0.2, -0.15) is 0 Å². The maximum atomic E-state index is 11.0. The van der Waals surface area contributed by atoms with Crippen molar-refractivity contribution in [2.45, 2.75) is 0 Å². The van der Waals surface area contributed by atoms with Crippen LogP contribution in [-0.4, -0.2) is 6.29 Å². The van der Waals surface area contributed by atoms with Crippen LogP contribution in [0.3, 0.4) is 0 Å². The van der Waals surface area contributed by atoms with Crippen LogP contribution in [0.5, 0.6) is 0 Å². The van der Waals surface area contributed by atoms with Crippen LogP contribution in [0.25, 0.3) is 11.1 Å². The Morgan fingerprint density at radius 2 is 1.50 bits per heavy atom. The van der Waals surface area contributed by atoms with Crippen molar-refractivity contribution >= 4 is 52.7 Å². The fourth-order valence-electron chi connectivity index (χ4n) is 1.62. The van der Waals surface area contributed by atoms with Crippen LogP contribution in [-0.2, 0) is 0 Å². The Morgan fingerprint density at radius 1 is 0.833 bits per heavy atom. The van der Waals surface area contributed by atoms with Gasteiger partial charge in [-0.05, 0) is 35.9 Å². The molecule has 2 aromatic rings. The topological polar surface area (TPSA) is 17.1 Å². The van der Waals surface area contributed by atoms with Gasteiger partial charge < -0.3 is 0 Å². The van der Waals surface area contributed by atoms with E-state index in [-0.39, 0.29) is 0 Å². The highest BCUT2D eigenvalue weighted by atomic mass is 35.5. The van der Waals surface area contributed by atoms with E-state index in [4.69, 9.17) is 46.4 Å². The fraction of sp³-hybridized carbons (Fsp3) is 0. The van der Waals surface area contributed by atoms with Crippen molar-refractivity contribution in [3.63, 3.8) is 0 Å². The van der Waals surface area contributed by atoms with Crippen molar-refractivity contribution in [2.24, 2.45) is 0 Å². The van der Waals surface area contributed by atoms with Crippen LogP contribution in [0.4, 0.5) is 0 Å². The monoisotopic (exact) mass is 318 g/mol. The Bertz CT molecular complexity index is 623. The molecule has 2 rings (SSSR count). The summed E-state index contributed by atoms with van der Waals surface area (Å²) in [7, 11) is 0. The van der Waals surface area contributed by atoms with Crippen LogP contribution in [0.1, 0.15) is 10.4 Å². The molecule has 0 aliphatic heterocycles. The molecule has 5 heteroatoms. The second-order valence-corrected chi connectivity index (χ2v) is 5.26. The average molecular weight is 320 g/mol. The maximum Gasteiger partial charge on any atom is 0.150 e. The lowest BCUT2D eigenvalue weighted by Gasteiger charge is -2.10. The van der Waals surface area contributed by atoms with E-state index >= 15 is 0 Å². The zero-order valence-corrected chi connectivity index (χ0v) is 11.9. The molecule has 0 fully saturated rings. The number of hydrogen-bond donors (Lipinski definition) is 0. The van der Waals surface area contributed by atoms with Crippen LogP contribution in [0, 0.1) is 0 Å². The molecule has 0 bridgehead atoms. The molecule has 0 aliphatic rings. The molecule has 0 saturated carbocycles. The highest BCUT2D eigenvalue weighted by Gasteiger charge is 2.13. The largest absolute Gasteiger partial charge is 0.298 e. The van der Waals surface area contributed by atoms with Gasteiger partial charge in [-0.25, -0.2) is 0 Å². The van der Waals surface area contributed by atoms with E-state index in [1.807, 2.05) is 0 Å². The van der Waals surface area contributed by atoms with Gasteiger partial charge in [-0.1, -0.05) is 46.4 Å². The lowest BCUT2D eigenvalue weighted by molar-refractivity contribution is 0.112. The Hall–Kier alpha value is -0.730. The summed E-state index contributed by atoms with van der Waals surface area (Å²) in [5, 5.41) is 1.61. The summed E-state index contributed by atoms with van der Waals surface area (Å²) >= 11 is 24.0. The van der Waals surface area contributed by atoms with Crippen molar-refractivity contribution in [2.75, 3.05) is 0 Å². The van der Waals surface area contributed by atoms with E-state index < -0.39 is 0 Å². The predicted molar refractivity (Wildman–Crippen MR) is 77.3 cm³/mol. The molecular formula is C13H6Cl4O. The van der Waals surface area contributed by atoms with Gasteiger partial charge in [0.05, 0.1) is 10.0 Å². The van der Waals surface area contributed by atoms with Gasteiger partial charge in [0.25, 0.3) is 0 Å². The number of carbonyl (C=O) groups is 1. The highest BCUT2D eigenvalue weighted by Crippen LogP contribution is 2.38. The third-order valence-electron chi connectivity index (χ3n) is 2.43. The van der Waals surface area contributed by atoms with Crippen molar-refractivity contribution in [1.29, 1.82) is 0 Å². The van der Waals surface area contributed by atoms with E-state index in [1.165, 1.54) is 0 Å². The molecule has 18 heavy (non-hydrogen) atoms. The van der Waals surface area contributed by atoms with Gasteiger partial charge in [0.1, 0.15) is 0 Å². The smallest absolute Gasteiger partial charge is 0.150 e. The predicted octanol–water partition coefficient (Wildman–Crippen LogP) is 5.78. The van der Waals surface area contributed by atoms with Crippen LogP contribution >= 0.6 is 46.4 Å². The van der Waals surface area contributed by atoms with Crippen LogP contribution in [0.15, 0.2) is 30.3 Å². The zero-order valence-electron chi connectivity index (χ0n) is 8.88. The molecule has 2 aromatic carbocycles.